The van der Waals surface area contributed by atoms with Gasteiger partial charge in [0, 0.05) is 7.11 Å². The summed E-state index contributed by atoms with van der Waals surface area (Å²) in [6, 6.07) is 4.38. The number of methoxy groups -OCH3 is 1. The Labute approximate surface area is 193 Å². The van der Waals surface area contributed by atoms with Crippen LogP contribution in [0.15, 0.2) is 28.3 Å². The van der Waals surface area contributed by atoms with Crippen LogP contribution in [0.1, 0.15) is 13.3 Å². The molecule has 1 aromatic heterocycles. The minimum absolute atomic E-state index is 0.0655. The van der Waals surface area contributed by atoms with Gasteiger partial charge >= 0.3 is 6.09 Å². The van der Waals surface area contributed by atoms with Gasteiger partial charge in [-0.25, -0.2) is 4.79 Å². The normalized spacial score (nSPS) is 11.9. The number of hydrogen-bond acceptors (Lipinski definition) is 9. The zero-order valence-corrected chi connectivity index (χ0v) is 19.4. The van der Waals surface area contributed by atoms with Crippen LogP contribution in [0.2, 0.25) is 10.0 Å². The van der Waals surface area contributed by atoms with Crippen LogP contribution in [-0.2, 0) is 25.5 Å². The number of hydrogen-bond donors (Lipinski definition) is 1. The van der Waals surface area contributed by atoms with Gasteiger partial charge in [-0.1, -0.05) is 36.2 Å². The van der Waals surface area contributed by atoms with Gasteiger partial charge in [-0.15, -0.1) is 10.2 Å². The number of ketones is 1. The molecular formula is C18H23Cl2N5O5S. The van der Waals surface area contributed by atoms with Crippen molar-refractivity contribution in [1.29, 1.82) is 0 Å². The third-order valence-electron chi connectivity index (χ3n) is 3.83. The first-order valence-electron chi connectivity index (χ1n) is 9.37. The number of carbonyl (C=O) groups is 2. The summed E-state index contributed by atoms with van der Waals surface area (Å²) in [5.41, 5.74) is 0. The van der Waals surface area contributed by atoms with Crippen LogP contribution >= 0.6 is 35.0 Å². The predicted octanol–water partition coefficient (Wildman–Crippen LogP) is 2.87. The first-order chi connectivity index (χ1) is 14.9. The molecule has 1 heterocycles. The molecule has 1 aromatic carbocycles. The second kappa shape index (κ2) is 13.5. The van der Waals surface area contributed by atoms with E-state index in [1.54, 1.807) is 32.2 Å². The van der Waals surface area contributed by atoms with Crippen LogP contribution in [0.4, 0.5) is 4.79 Å². The molecule has 0 aliphatic carbocycles. The maximum Gasteiger partial charge on any atom is 0.407 e. The number of rotatable bonds is 13. The molecule has 13 heteroatoms. The standard InChI is InChI=1S/C18H23Cl2N5O5S/c1-3-14(21-18(27)30-10-9-29-8-7-28-2)15(26)11-25-23-17(22-24-25)31-16-12(19)5-4-6-13(16)20/h4-6,14H,3,7-11H2,1-2H3,(H,21,27). The molecule has 0 radical (unpaired) electrons. The van der Waals surface area contributed by atoms with Crippen LogP contribution < -0.4 is 5.32 Å². The summed E-state index contributed by atoms with van der Waals surface area (Å²) in [6.45, 7) is 2.77. The molecular weight excluding hydrogens is 469 g/mol. The molecule has 0 saturated carbocycles. The minimum atomic E-state index is -0.748. The van der Waals surface area contributed by atoms with Crippen molar-refractivity contribution in [2.24, 2.45) is 0 Å². The van der Waals surface area contributed by atoms with Gasteiger partial charge in [0.1, 0.15) is 13.2 Å². The van der Waals surface area contributed by atoms with Gasteiger partial charge < -0.3 is 19.5 Å². The van der Waals surface area contributed by atoms with Crippen LogP contribution in [0.25, 0.3) is 0 Å². The van der Waals surface area contributed by atoms with Crippen molar-refractivity contribution in [1.82, 2.24) is 25.5 Å². The van der Waals surface area contributed by atoms with Gasteiger partial charge in [0.2, 0.25) is 5.16 Å². The summed E-state index contributed by atoms with van der Waals surface area (Å²) < 4.78 is 15.0. The predicted molar refractivity (Wildman–Crippen MR) is 115 cm³/mol. The van der Waals surface area contributed by atoms with Gasteiger partial charge in [0.05, 0.1) is 40.8 Å². The van der Waals surface area contributed by atoms with Crippen molar-refractivity contribution in [3.63, 3.8) is 0 Å². The molecule has 0 aliphatic rings. The lowest BCUT2D eigenvalue weighted by Gasteiger charge is -2.15. The second-order valence-corrected chi connectivity index (χ2v) is 7.86. The largest absolute Gasteiger partial charge is 0.447 e. The number of tetrazole rings is 1. The molecule has 0 fully saturated rings. The Kier molecular flexibility index (Phi) is 11.0. The monoisotopic (exact) mass is 491 g/mol. The Morgan fingerprint density at radius 1 is 1.19 bits per heavy atom. The van der Waals surface area contributed by atoms with E-state index >= 15 is 0 Å². The molecule has 0 bridgehead atoms. The minimum Gasteiger partial charge on any atom is -0.447 e. The summed E-state index contributed by atoms with van der Waals surface area (Å²) in [6.07, 6.45) is -0.323. The van der Waals surface area contributed by atoms with E-state index in [1.165, 1.54) is 0 Å². The number of ether oxygens (including phenoxy) is 3. The zero-order valence-electron chi connectivity index (χ0n) is 17.0. The van der Waals surface area contributed by atoms with Crippen molar-refractivity contribution in [3.8, 4) is 0 Å². The summed E-state index contributed by atoms with van der Waals surface area (Å²) in [7, 11) is 1.57. The van der Waals surface area contributed by atoms with Crippen molar-refractivity contribution in [3.05, 3.63) is 28.2 Å². The quantitative estimate of drug-likeness (QED) is 0.421. The highest BCUT2D eigenvalue weighted by Gasteiger charge is 2.21. The van der Waals surface area contributed by atoms with Gasteiger partial charge in [0.15, 0.2) is 5.78 Å². The number of Topliss-reactive ketones (excluding diaryl/α,β-unsaturated/α-hetero) is 1. The second-order valence-electron chi connectivity index (χ2n) is 6.07. The molecule has 0 spiro atoms. The van der Waals surface area contributed by atoms with Gasteiger partial charge in [-0.3, -0.25) is 4.79 Å². The molecule has 170 valence electrons. The Bertz CT molecular complexity index is 849. The van der Waals surface area contributed by atoms with Crippen molar-refractivity contribution in [2.45, 2.75) is 36.0 Å². The molecule has 0 aliphatic heterocycles. The molecule has 10 nitrogen and oxygen atoms in total. The fourth-order valence-corrected chi connectivity index (χ4v) is 3.64. The smallest absolute Gasteiger partial charge is 0.407 e. The van der Waals surface area contributed by atoms with E-state index in [9.17, 15) is 9.59 Å². The van der Waals surface area contributed by atoms with E-state index in [0.717, 1.165) is 16.6 Å². The molecule has 1 amide bonds. The Balaban J connectivity index is 1.82. The molecule has 1 atom stereocenters. The molecule has 1 unspecified atom stereocenters. The van der Waals surface area contributed by atoms with E-state index in [4.69, 9.17) is 37.4 Å². The highest BCUT2D eigenvalue weighted by Crippen LogP contribution is 2.36. The number of benzene rings is 1. The maximum atomic E-state index is 12.5. The van der Waals surface area contributed by atoms with Gasteiger partial charge in [-0.05, 0) is 35.5 Å². The van der Waals surface area contributed by atoms with Crippen LogP contribution in [0.3, 0.4) is 0 Å². The van der Waals surface area contributed by atoms with Crippen LogP contribution in [0.5, 0.6) is 0 Å². The van der Waals surface area contributed by atoms with Crippen molar-refractivity contribution in [2.75, 3.05) is 33.5 Å². The number of amides is 1. The number of aromatic nitrogens is 4. The number of nitrogens with one attached hydrogen (secondary N) is 1. The first-order valence-corrected chi connectivity index (χ1v) is 10.9. The molecule has 1 N–H and O–H groups in total. The molecule has 31 heavy (non-hydrogen) atoms. The summed E-state index contributed by atoms with van der Waals surface area (Å²) in [5.74, 6) is -0.291. The number of carbonyl (C=O) groups excluding carboxylic acids is 2. The van der Waals surface area contributed by atoms with E-state index in [2.05, 4.69) is 20.7 Å². The average molecular weight is 492 g/mol. The zero-order chi connectivity index (χ0) is 22.6. The third kappa shape index (κ3) is 8.62. The highest BCUT2D eigenvalue weighted by atomic mass is 35.5. The molecule has 2 rings (SSSR count). The SMILES string of the molecule is CCC(NC(=O)OCCOCCOC)C(=O)Cn1nnc(Sc2c(Cl)cccc2Cl)n1. The van der Waals surface area contributed by atoms with Crippen molar-refractivity contribution >= 4 is 46.8 Å². The van der Waals surface area contributed by atoms with Crippen molar-refractivity contribution < 1.29 is 23.8 Å². The lowest BCUT2D eigenvalue weighted by molar-refractivity contribution is -0.122. The van der Waals surface area contributed by atoms with E-state index < -0.39 is 12.1 Å². The lowest BCUT2D eigenvalue weighted by Crippen LogP contribution is -2.42. The Morgan fingerprint density at radius 2 is 1.90 bits per heavy atom. The molecule has 2 aromatic rings. The number of halogens is 2. The summed E-state index contributed by atoms with van der Waals surface area (Å²) >= 11 is 13.4. The Morgan fingerprint density at radius 3 is 2.58 bits per heavy atom. The lowest BCUT2D eigenvalue weighted by atomic mass is 10.1. The molecule has 0 saturated heterocycles. The van der Waals surface area contributed by atoms with Gasteiger partial charge in [0.25, 0.3) is 0 Å². The topological polar surface area (TPSA) is 117 Å². The fourth-order valence-electron chi connectivity index (χ4n) is 2.29. The number of alkyl carbamates (subject to hydrolysis) is 1. The number of nitrogens with zero attached hydrogens (tertiary/aromatic N) is 4. The summed E-state index contributed by atoms with van der Waals surface area (Å²) in [4.78, 5) is 26.1. The average Bonchev–Trinajstić information content (AvgIpc) is 3.18. The van der Waals surface area contributed by atoms with E-state index in [-0.39, 0.29) is 30.7 Å². The van der Waals surface area contributed by atoms with Gasteiger partial charge in [-0.2, -0.15) is 4.80 Å². The van der Waals surface area contributed by atoms with Crippen LogP contribution in [0, 0.1) is 0 Å². The first kappa shape index (κ1) is 25.3. The third-order valence-corrected chi connectivity index (χ3v) is 5.67. The van der Waals surface area contributed by atoms with E-state index in [0.29, 0.717) is 34.6 Å². The van der Waals surface area contributed by atoms with E-state index in [1.807, 2.05) is 0 Å². The fraction of sp³-hybridized carbons (Fsp3) is 0.500. The highest BCUT2D eigenvalue weighted by molar-refractivity contribution is 7.99. The maximum absolute atomic E-state index is 12.5. The van der Waals surface area contributed by atoms with Crippen LogP contribution in [-0.4, -0.2) is 71.7 Å². The summed E-state index contributed by atoms with van der Waals surface area (Å²) in [5, 5.41) is 15.7. The Hall–Kier alpha value is -1.92.